The maximum Gasteiger partial charge on any atom is 0.0367 e. The van der Waals surface area contributed by atoms with Crippen molar-refractivity contribution >= 4 is 11.4 Å². The molecule has 0 radical (unpaired) electrons. The molecule has 2 heterocycles. The third-order valence-electron chi connectivity index (χ3n) is 4.52. The van der Waals surface area contributed by atoms with Gasteiger partial charge in [-0.25, -0.2) is 0 Å². The van der Waals surface area contributed by atoms with Crippen molar-refractivity contribution in [1.29, 1.82) is 0 Å². The second-order valence-corrected chi connectivity index (χ2v) is 6.07. The van der Waals surface area contributed by atoms with E-state index in [9.17, 15) is 0 Å². The minimum absolute atomic E-state index is 1.08. The predicted octanol–water partition coefficient (Wildman–Crippen LogP) is 3.18. The van der Waals surface area contributed by atoms with Crippen molar-refractivity contribution in [1.82, 2.24) is 4.90 Å². The predicted molar refractivity (Wildman–Crippen MR) is 86.7 cm³/mol. The van der Waals surface area contributed by atoms with Crippen molar-refractivity contribution in [2.24, 2.45) is 0 Å². The molecule has 20 heavy (non-hydrogen) atoms. The highest BCUT2D eigenvalue weighted by Gasteiger charge is 2.12. The molecule has 2 aliphatic heterocycles. The van der Waals surface area contributed by atoms with Crippen LogP contribution in [-0.2, 0) is 0 Å². The second-order valence-electron chi connectivity index (χ2n) is 6.07. The molecule has 0 atom stereocenters. The Morgan fingerprint density at radius 3 is 2.20 bits per heavy atom. The Morgan fingerprint density at radius 1 is 0.850 bits per heavy atom. The first-order chi connectivity index (χ1) is 9.92. The molecule has 1 aromatic carbocycles. The first kappa shape index (κ1) is 13.7. The monoisotopic (exact) mass is 273 g/mol. The van der Waals surface area contributed by atoms with Crippen molar-refractivity contribution in [3.8, 4) is 0 Å². The van der Waals surface area contributed by atoms with Crippen LogP contribution in [0.1, 0.15) is 32.1 Å². The molecule has 110 valence electrons. The standard InChI is InChI=1S/C17H27N3/c1-2-12-19(11-1)13-5-10-18-16-6-8-17(9-7-16)20-14-3-4-15-20/h6-9,18H,1-5,10-15H2. The first-order valence-corrected chi connectivity index (χ1v) is 8.23. The Hall–Kier alpha value is -1.22. The lowest BCUT2D eigenvalue weighted by Gasteiger charge is -2.18. The number of hydrogen-bond donors (Lipinski definition) is 1. The number of rotatable bonds is 6. The average molecular weight is 273 g/mol. The van der Waals surface area contributed by atoms with Crippen molar-refractivity contribution in [3.05, 3.63) is 24.3 Å². The molecule has 1 aromatic rings. The SMILES string of the molecule is c1cc(N2CCCC2)ccc1NCCCN1CCCC1. The molecule has 0 spiro atoms. The number of likely N-dealkylation sites (tertiary alicyclic amines) is 1. The van der Waals surface area contributed by atoms with E-state index in [1.54, 1.807) is 0 Å². The Bertz CT molecular complexity index is 389. The summed E-state index contributed by atoms with van der Waals surface area (Å²) < 4.78 is 0. The summed E-state index contributed by atoms with van der Waals surface area (Å²) in [5.41, 5.74) is 2.64. The summed E-state index contributed by atoms with van der Waals surface area (Å²) in [6, 6.07) is 8.97. The lowest BCUT2D eigenvalue weighted by molar-refractivity contribution is 0.337. The molecule has 2 fully saturated rings. The van der Waals surface area contributed by atoms with Crippen LogP contribution in [0.3, 0.4) is 0 Å². The molecule has 0 aliphatic carbocycles. The minimum Gasteiger partial charge on any atom is -0.385 e. The van der Waals surface area contributed by atoms with E-state index in [2.05, 4.69) is 39.4 Å². The fourth-order valence-corrected chi connectivity index (χ4v) is 3.31. The van der Waals surface area contributed by atoms with Crippen LogP contribution in [0.2, 0.25) is 0 Å². The van der Waals surface area contributed by atoms with Gasteiger partial charge < -0.3 is 15.1 Å². The summed E-state index contributed by atoms with van der Waals surface area (Å²) in [5, 5.41) is 3.54. The number of hydrogen-bond acceptors (Lipinski definition) is 3. The van der Waals surface area contributed by atoms with Gasteiger partial charge in [0.2, 0.25) is 0 Å². The van der Waals surface area contributed by atoms with E-state index < -0.39 is 0 Å². The van der Waals surface area contributed by atoms with E-state index in [0.717, 1.165) is 6.54 Å². The maximum atomic E-state index is 3.54. The fourth-order valence-electron chi connectivity index (χ4n) is 3.31. The van der Waals surface area contributed by atoms with Gasteiger partial charge in [0, 0.05) is 31.0 Å². The van der Waals surface area contributed by atoms with E-state index >= 15 is 0 Å². The normalized spacial score (nSPS) is 19.7. The molecule has 2 saturated heterocycles. The van der Waals surface area contributed by atoms with Gasteiger partial charge in [-0.2, -0.15) is 0 Å². The zero-order valence-electron chi connectivity index (χ0n) is 12.5. The van der Waals surface area contributed by atoms with E-state index in [4.69, 9.17) is 0 Å². The van der Waals surface area contributed by atoms with Crippen LogP contribution in [0.5, 0.6) is 0 Å². The van der Waals surface area contributed by atoms with Crippen molar-refractivity contribution < 1.29 is 0 Å². The largest absolute Gasteiger partial charge is 0.385 e. The van der Waals surface area contributed by atoms with Crippen LogP contribution in [0, 0.1) is 0 Å². The van der Waals surface area contributed by atoms with Gasteiger partial charge in [-0.05, 0) is 76.0 Å². The van der Waals surface area contributed by atoms with Gasteiger partial charge in [-0.1, -0.05) is 0 Å². The van der Waals surface area contributed by atoms with Gasteiger partial charge in [-0.15, -0.1) is 0 Å². The molecule has 0 aromatic heterocycles. The van der Waals surface area contributed by atoms with Crippen LogP contribution >= 0.6 is 0 Å². The molecule has 2 aliphatic rings. The molecule has 0 bridgehead atoms. The minimum atomic E-state index is 1.08. The average Bonchev–Trinajstić information content (AvgIpc) is 3.17. The maximum absolute atomic E-state index is 3.54. The van der Waals surface area contributed by atoms with E-state index in [1.807, 2.05) is 0 Å². The molecule has 0 amide bonds. The number of anilines is 2. The topological polar surface area (TPSA) is 18.5 Å². The van der Waals surface area contributed by atoms with Crippen LogP contribution in [0.25, 0.3) is 0 Å². The van der Waals surface area contributed by atoms with Crippen molar-refractivity contribution in [2.75, 3.05) is 49.5 Å². The van der Waals surface area contributed by atoms with Crippen LogP contribution in [0.4, 0.5) is 11.4 Å². The molecule has 1 N–H and O–H groups in total. The molecule has 0 unspecified atom stereocenters. The lowest BCUT2D eigenvalue weighted by atomic mass is 10.2. The quantitative estimate of drug-likeness (QED) is 0.803. The highest BCUT2D eigenvalue weighted by atomic mass is 15.1. The van der Waals surface area contributed by atoms with Gasteiger partial charge in [0.25, 0.3) is 0 Å². The summed E-state index contributed by atoms with van der Waals surface area (Å²) in [7, 11) is 0. The molecular formula is C17H27N3. The van der Waals surface area contributed by atoms with Crippen LogP contribution < -0.4 is 10.2 Å². The van der Waals surface area contributed by atoms with Gasteiger partial charge >= 0.3 is 0 Å². The summed E-state index contributed by atoms with van der Waals surface area (Å²) >= 11 is 0. The zero-order chi connectivity index (χ0) is 13.6. The molecule has 3 rings (SSSR count). The van der Waals surface area contributed by atoms with Crippen molar-refractivity contribution in [2.45, 2.75) is 32.1 Å². The Morgan fingerprint density at radius 2 is 1.50 bits per heavy atom. The Labute approximate surface area is 123 Å². The summed E-state index contributed by atoms with van der Waals surface area (Å²) in [5.74, 6) is 0. The van der Waals surface area contributed by atoms with Crippen LogP contribution in [0.15, 0.2) is 24.3 Å². The smallest absolute Gasteiger partial charge is 0.0367 e. The Balaban J connectivity index is 1.39. The van der Waals surface area contributed by atoms with Crippen molar-refractivity contribution in [3.63, 3.8) is 0 Å². The number of nitrogens with zero attached hydrogens (tertiary/aromatic N) is 2. The summed E-state index contributed by atoms with van der Waals surface area (Å²) in [6.45, 7) is 7.40. The van der Waals surface area contributed by atoms with E-state index in [0.29, 0.717) is 0 Å². The zero-order valence-corrected chi connectivity index (χ0v) is 12.5. The number of benzene rings is 1. The highest BCUT2D eigenvalue weighted by molar-refractivity contribution is 5.55. The molecule has 3 heteroatoms. The Kier molecular flexibility index (Phi) is 4.80. The van der Waals surface area contributed by atoms with E-state index in [1.165, 1.54) is 76.2 Å². The van der Waals surface area contributed by atoms with Gasteiger partial charge in [0.1, 0.15) is 0 Å². The van der Waals surface area contributed by atoms with Gasteiger partial charge in [0.05, 0.1) is 0 Å². The highest BCUT2D eigenvalue weighted by Crippen LogP contribution is 2.22. The molecular weight excluding hydrogens is 246 g/mol. The van der Waals surface area contributed by atoms with Crippen LogP contribution in [-0.4, -0.2) is 44.2 Å². The third kappa shape index (κ3) is 3.66. The van der Waals surface area contributed by atoms with E-state index in [-0.39, 0.29) is 0 Å². The second kappa shape index (κ2) is 6.98. The lowest BCUT2D eigenvalue weighted by Crippen LogP contribution is -2.22. The van der Waals surface area contributed by atoms with Gasteiger partial charge in [0.15, 0.2) is 0 Å². The number of nitrogens with one attached hydrogen (secondary N) is 1. The van der Waals surface area contributed by atoms with Gasteiger partial charge in [-0.3, -0.25) is 0 Å². The fraction of sp³-hybridized carbons (Fsp3) is 0.647. The third-order valence-corrected chi connectivity index (χ3v) is 4.52. The first-order valence-electron chi connectivity index (χ1n) is 8.23. The summed E-state index contributed by atoms with van der Waals surface area (Å²) in [4.78, 5) is 5.06. The summed E-state index contributed by atoms with van der Waals surface area (Å²) in [6.07, 6.45) is 6.72. The molecule has 0 saturated carbocycles. The molecule has 3 nitrogen and oxygen atoms in total.